The fourth-order valence-electron chi connectivity index (χ4n) is 6.50. The van der Waals surface area contributed by atoms with Crippen molar-refractivity contribution in [2.24, 2.45) is 0 Å². The molecule has 0 spiro atoms. The Morgan fingerprint density at radius 1 is 0.977 bits per heavy atom. The van der Waals surface area contributed by atoms with Gasteiger partial charge >= 0.3 is 12.1 Å². The number of benzene rings is 3. The Kier molecular flexibility index (Phi) is 7.49. The molecule has 0 radical (unpaired) electrons. The smallest absolute Gasteiger partial charge is 0.413 e. The number of aryl methyl sites for hydroxylation is 1. The Bertz CT molecular complexity index is 1570. The third-order valence-electron chi connectivity index (χ3n) is 8.30. The number of hydrogen-bond donors (Lipinski definition) is 1. The molecule has 0 aromatic heterocycles. The van der Waals surface area contributed by atoms with E-state index in [0.29, 0.717) is 17.9 Å². The molecule has 0 bridgehead atoms. The van der Waals surface area contributed by atoms with E-state index in [1.165, 1.54) is 4.90 Å². The van der Waals surface area contributed by atoms with E-state index in [9.17, 15) is 14.7 Å². The zero-order valence-electron chi connectivity index (χ0n) is 26.4. The van der Waals surface area contributed by atoms with Crippen LogP contribution in [0, 0.1) is 6.92 Å². The molecular weight excluding hydrogens is 546 g/mol. The highest BCUT2D eigenvalue weighted by atomic mass is 16.6. The van der Waals surface area contributed by atoms with Gasteiger partial charge in [-0.15, -0.1) is 0 Å². The lowest BCUT2D eigenvalue weighted by Gasteiger charge is -2.37. The first kappa shape index (κ1) is 30.4. The van der Waals surface area contributed by atoms with Gasteiger partial charge in [-0.2, -0.15) is 0 Å². The second-order valence-corrected chi connectivity index (χ2v) is 13.3. The number of phenolic OH excluding ortho intramolecular Hbond substituents is 1. The van der Waals surface area contributed by atoms with Gasteiger partial charge in [-0.1, -0.05) is 56.3 Å². The van der Waals surface area contributed by atoms with Gasteiger partial charge in [0.05, 0.1) is 7.11 Å². The van der Waals surface area contributed by atoms with Crippen molar-refractivity contribution in [3.63, 3.8) is 0 Å². The zero-order chi connectivity index (χ0) is 31.5. The van der Waals surface area contributed by atoms with Crippen molar-refractivity contribution in [1.29, 1.82) is 0 Å². The fourth-order valence-corrected chi connectivity index (χ4v) is 6.50. The molecule has 43 heavy (non-hydrogen) atoms. The lowest BCUT2D eigenvalue weighted by molar-refractivity contribution is -0.152. The Balaban J connectivity index is 1.57. The molecule has 0 saturated carbocycles. The third-order valence-corrected chi connectivity index (χ3v) is 8.30. The molecule has 1 aliphatic carbocycles. The molecule has 1 N–H and O–H groups in total. The van der Waals surface area contributed by atoms with E-state index in [1.807, 2.05) is 63.2 Å². The standard InChI is InChI=1S/C35H41NO7/c1-20-15-16-24-22(19-23-26(40-9)18-17-25(37)27(23)34(24,5)6)29(20)41-31(38)30-28(21-13-11-10-12-14-21)36(35(7,8)42-30)32(39)43-33(2,3)4/h10-18,28,30,37H,19H2,1-9H3/t28-,30+/m0/s1. The van der Waals surface area contributed by atoms with E-state index in [1.54, 1.807) is 53.9 Å². The lowest BCUT2D eigenvalue weighted by Crippen LogP contribution is -2.47. The summed E-state index contributed by atoms with van der Waals surface area (Å²) in [6.07, 6.45) is -1.30. The van der Waals surface area contributed by atoms with E-state index in [2.05, 4.69) is 0 Å². The molecule has 0 unspecified atom stereocenters. The van der Waals surface area contributed by atoms with Gasteiger partial charge in [0.1, 0.15) is 34.6 Å². The predicted molar refractivity (Wildman–Crippen MR) is 163 cm³/mol. The summed E-state index contributed by atoms with van der Waals surface area (Å²) >= 11 is 0. The molecule has 5 rings (SSSR count). The molecule has 1 amide bonds. The van der Waals surface area contributed by atoms with Crippen LogP contribution in [-0.4, -0.2) is 46.6 Å². The number of nitrogens with zero attached hydrogens (tertiary/aromatic N) is 1. The molecular formula is C35H41NO7. The Hall–Kier alpha value is -4.04. The van der Waals surface area contributed by atoms with Crippen molar-refractivity contribution >= 4 is 12.1 Å². The lowest BCUT2D eigenvalue weighted by atomic mass is 9.68. The number of carbonyl (C=O) groups excluding carboxylic acids is 2. The molecule has 3 aromatic carbocycles. The van der Waals surface area contributed by atoms with E-state index in [4.69, 9.17) is 18.9 Å². The predicted octanol–water partition coefficient (Wildman–Crippen LogP) is 6.96. The van der Waals surface area contributed by atoms with Crippen molar-refractivity contribution in [2.45, 2.75) is 90.7 Å². The summed E-state index contributed by atoms with van der Waals surface area (Å²) in [4.78, 5) is 29.2. The number of aromatic hydroxyl groups is 1. The summed E-state index contributed by atoms with van der Waals surface area (Å²) in [6.45, 7) is 14.9. The monoisotopic (exact) mass is 587 g/mol. The van der Waals surface area contributed by atoms with Crippen molar-refractivity contribution in [3.05, 3.63) is 88.0 Å². The third kappa shape index (κ3) is 5.33. The molecule has 2 atom stereocenters. The van der Waals surface area contributed by atoms with Gasteiger partial charge in [0.15, 0.2) is 6.10 Å². The minimum Gasteiger partial charge on any atom is -0.508 e. The van der Waals surface area contributed by atoms with Gasteiger partial charge in [-0.05, 0) is 70.4 Å². The van der Waals surface area contributed by atoms with Crippen LogP contribution in [0.3, 0.4) is 0 Å². The van der Waals surface area contributed by atoms with Crippen LogP contribution >= 0.6 is 0 Å². The van der Waals surface area contributed by atoms with E-state index >= 15 is 0 Å². The maximum atomic E-state index is 14.2. The van der Waals surface area contributed by atoms with Crippen LogP contribution in [0.4, 0.5) is 4.79 Å². The molecule has 8 heteroatoms. The van der Waals surface area contributed by atoms with E-state index in [-0.39, 0.29) is 5.75 Å². The minimum atomic E-state index is -1.16. The number of rotatable bonds is 4. The number of esters is 1. The number of phenols is 1. The summed E-state index contributed by atoms with van der Waals surface area (Å²) in [6, 6.07) is 15.9. The van der Waals surface area contributed by atoms with Crippen molar-refractivity contribution in [2.75, 3.05) is 7.11 Å². The summed E-state index contributed by atoms with van der Waals surface area (Å²) in [5, 5.41) is 10.9. The number of fused-ring (bicyclic) bond motifs is 2. The quantitative estimate of drug-likeness (QED) is 0.261. The zero-order valence-corrected chi connectivity index (χ0v) is 26.4. The number of hydrogen-bond acceptors (Lipinski definition) is 7. The minimum absolute atomic E-state index is 0.195. The fraction of sp³-hybridized carbons (Fsp3) is 0.429. The Labute approximate surface area is 253 Å². The van der Waals surface area contributed by atoms with Gasteiger partial charge in [-0.25, -0.2) is 9.59 Å². The van der Waals surface area contributed by atoms with Crippen LogP contribution in [0.25, 0.3) is 0 Å². The Morgan fingerprint density at radius 2 is 1.65 bits per heavy atom. The average molecular weight is 588 g/mol. The largest absolute Gasteiger partial charge is 0.508 e. The molecule has 1 aliphatic heterocycles. The van der Waals surface area contributed by atoms with Crippen LogP contribution in [0.15, 0.2) is 54.6 Å². The summed E-state index contributed by atoms with van der Waals surface area (Å²) in [5.41, 5.74) is 2.42. The summed E-state index contributed by atoms with van der Waals surface area (Å²) < 4.78 is 24.0. The maximum Gasteiger partial charge on any atom is 0.413 e. The van der Waals surface area contributed by atoms with Crippen LogP contribution in [0.2, 0.25) is 0 Å². The number of carbonyl (C=O) groups is 2. The topological polar surface area (TPSA) is 94.5 Å². The molecule has 1 fully saturated rings. The van der Waals surface area contributed by atoms with E-state index < -0.39 is 40.9 Å². The van der Waals surface area contributed by atoms with Gasteiger partial charge in [0.2, 0.25) is 0 Å². The second-order valence-electron chi connectivity index (χ2n) is 13.3. The van der Waals surface area contributed by atoms with Crippen LogP contribution < -0.4 is 9.47 Å². The normalized spacial score (nSPS) is 20.2. The molecule has 1 saturated heterocycles. The van der Waals surface area contributed by atoms with Gasteiger partial charge < -0.3 is 24.1 Å². The SMILES string of the molecule is COc1ccc(O)c2c1Cc1c(ccc(C)c1OC(=O)[C@@H]1OC(C)(C)N(C(=O)OC(C)(C)C)[C@H]1c1ccccc1)C2(C)C. The maximum absolute atomic E-state index is 14.2. The molecule has 228 valence electrons. The molecule has 2 aliphatic rings. The summed E-state index contributed by atoms with van der Waals surface area (Å²) in [5.74, 6) is 0.676. The summed E-state index contributed by atoms with van der Waals surface area (Å²) in [7, 11) is 1.60. The first-order valence-corrected chi connectivity index (χ1v) is 14.6. The second kappa shape index (κ2) is 10.6. The van der Waals surface area contributed by atoms with Crippen LogP contribution in [-0.2, 0) is 26.1 Å². The molecule has 1 heterocycles. The van der Waals surface area contributed by atoms with Gasteiger partial charge in [0, 0.05) is 28.5 Å². The first-order chi connectivity index (χ1) is 20.1. The highest BCUT2D eigenvalue weighted by Gasteiger charge is 2.55. The number of amides is 1. The highest BCUT2D eigenvalue weighted by Crippen LogP contribution is 2.51. The van der Waals surface area contributed by atoms with Crippen LogP contribution in [0.1, 0.15) is 87.9 Å². The van der Waals surface area contributed by atoms with Gasteiger partial charge in [-0.3, -0.25) is 4.90 Å². The van der Waals surface area contributed by atoms with Crippen molar-refractivity contribution < 1.29 is 33.6 Å². The van der Waals surface area contributed by atoms with Gasteiger partial charge in [0.25, 0.3) is 0 Å². The average Bonchev–Trinajstić information content (AvgIpc) is 3.21. The number of methoxy groups -OCH3 is 1. The highest BCUT2D eigenvalue weighted by molar-refractivity contribution is 5.82. The molecule has 3 aromatic rings. The van der Waals surface area contributed by atoms with E-state index in [0.717, 1.165) is 33.4 Å². The van der Waals surface area contributed by atoms with Crippen molar-refractivity contribution in [1.82, 2.24) is 4.90 Å². The van der Waals surface area contributed by atoms with Crippen LogP contribution in [0.5, 0.6) is 17.2 Å². The molecule has 8 nitrogen and oxygen atoms in total. The Morgan fingerprint density at radius 3 is 2.28 bits per heavy atom. The first-order valence-electron chi connectivity index (χ1n) is 14.6. The number of ether oxygens (including phenoxy) is 4. The van der Waals surface area contributed by atoms with Crippen molar-refractivity contribution in [3.8, 4) is 17.2 Å².